The zero-order chi connectivity index (χ0) is 15.2. The van der Waals surface area contributed by atoms with E-state index in [1.54, 1.807) is 6.92 Å². The third-order valence-corrected chi connectivity index (χ3v) is 1.54. The molecule has 0 saturated carbocycles. The van der Waals surface area contributed by atoms with Crippen molar-refractivity contribution in [2.75, 3.05) is 0 Å². The summed E-state index contributed by atoms with van der Waals surface area (Å²) in [7, 11) is 0. The van der Waals surface area contributed by atoms with Crippen molar-refractivity contribution in [1.29, 1.82) is 0 Å². The van der Waals surface area contributed by atoms with Crippen molar-refractivity contribution in [2.45, 2.75) is 6.92 Å². The molecule has 2 aromatic rings. The number of rotatable bonds is 1. The number of nitrogens with zero attached hydrogens (tertiary/aromatic N) is 1. The number of benzene rings is 1. The number of aryl methyl sites for hydroxylation is 1. The zero-order valence-corrected chi connectivity index (χ0v) is 7.02. The van der Waals surface area contributed by atoms with Crippen molar-refractivity contribution < 1.29 is 9.60 Å². The summed E-state index contributed by atoms with van der Waals surface area (Å²) < 4.78 is 53.6. The third-order valence-electron chi connectivity index (χ3n) is 1.54. The van der Waals surface area contributed by atoms with E-state index in [9.17, 15) is 0 Å². The van der Waals surface area contributed by atoms with Crippen LogP contribution in [0, 0.1) is 6.92 Å². The van der Waals surface area contributed by atoms with Crippen LogP contribution >= 0.6 is 0 Å². The van der Waals surface area contributed by atoms with Crippen molar-refractivity contribution in [3.63, 3.8) is 0 Å². The topological polar surface area (TPSA) is 12.9 Å². The van der Waals surface area contributed by atoms with E-state index >= 15 is 0 Å². The summed E-state index contributed by atoms with van der Waals surface area (Å²) in [6.07, 6.45) is -0.445. The fourth-order valence-corrected chi connectivity index (χ4v) is 0.971. The maximum Gasteiger partial charge on any atom is 0.0840 e. The number of hydrogen-bond donors (Lipinski definition) is 0. The van der Waals surface area contributed by atoms with Gasteiger partial charge in [-0.2, -0.15) is 0 Å². The summed E-state index contributed by atoms with van der Waals surface area (Å²) in [6.45, 7) is 1.61. The van der Waals surface area contributed by atoms with Crippen LogP contribution in [0.2, 0.25) is 0 Å². The first-order valence-corrected chi connectivity index (χ1v) is 3.77. The molecule has 1 heteroatoms. The van der Waals surface area contributed by atoms with Crippen LogP contribution in [-0.2, 0) is 0 Å². The van der Waals surface area contributed by atoms with E-state index in [1.807, 2.05) is 0 Å². The molecule has 0 unspecified atom stereocenters. The smallest absolute Gasteiger partial charge is 0.0840 e. The van der Waals surface area contributed by atoms with E-state index in [0.717, 1.165) is 0 Å². The predicted octanol–water partition coefficient (Wildman–Crippen LogP) is 3.06. The molecule has 0 bridgehead atoms. The van der Waals surface area contributed by atoms with Gasteiger partial charge in [0.05, 0.1) is 15.3 Å². The summed E-state index contributed by atoms with van der Waals surface area (Å²) in [5.74, 6) is 0. The van der Waals surface area contributed by atoms with E-state index in [4.69, 9.17) is 9.60 Å². The molecular formula is C12H11N. The number of hydrogen-bond acceptors (Lipinski definition) is 1. The molecule has 13 heavy (non-hydrogen) atoms. The zero-order valence-electron chi connectivity index (χ0n) is 14.0. The molecule has 64 valence electrons. The summed E-state index contributed by atoms with van der Waals surface area (Å²) in [5.41, 5.74) is 0.517. The molecule has 1 heterocycles. The summed E-state index contributed by atoms with van der Waals surface area (Å²) >= 11 is 0. The average molecular weight is 176 g/mol. The van der Waals surface area contributed by atoms with Crippen molar-refractivity contribution >= 4 is 0 Å². The van der Waals surface area contributed by atoms with Crippen molar-refractivity contribution in [3.05, 3.63) is 54.1 Å². The highest BCUT2D eigenvalue weighted by molar-refractivity contribution is 5.59. The van der Waals surface area contributed by atoms with Crippen LogP contribution in [0.15, 0.2) is 48.5 Å². The Morgan fingerprint density at radius 2 is 2.08 bits per heavy atom. The van der Waals surface area contributed by atoms with E-state index in [0.29, 0.717) is 5.56 Å². The molecule has 0 spiro atoms. The summed E-state index contributed by atoms with van der Waals surface area (Å²) in [6, 6.07) is -0.391. The minimum atomic E-state index is -0.445. The lowest BCUT2D eigenvalue weighted by atomic mass is 10.1. The second-order valence-corrected chi connectivity index (χ2v) is 2.56. The van der Waals surface area contributed by atoms with Gasteiger partial charge in [0.15, 0.2) is 0 Å². The molecular weight excluding hydrogens is 158 g/mol. The fourth-order valence-electron chi connectivity index (χ4n) is 0.971. The Morgan fingerprint density at radius 3 is 3.00 bits per heavy atom. The first-order valence-electron chi connectivity index (χ1n) is 7.27. The molecule has 2 rings (SSSR count). The largest absolute Gasteiger partial charge is 0.256 e. The molecule has 0 aliphatic rings. The number of pyridine rings is 1. The second-order valence-electron chi connectivity index (χ2n) is 2.56. The lowest BCUT2D eigenvalue weighted by Crippen LogP contribution is -1.81. The fraction of sp³-hybridized carbons (Fsp3) is 0.0833. The predicted molar refractivity (Wildman–Crippen MR) is 54.4 cm³/mol. The van der Waals surface area contributed by atoms with Crippen LogP contribution in [-0.4, -0.2) is 4.98 Å². The van der Waals surface area contributed by atoms with Gasteiger partial charge in [0.1, 0.15) is 0 Å². The Balaban J connectivity index is 2.83. The van der Waals surface area contributed by atoms with Crippen LogP contribution in [0.25, 0.3) is 11.3 Å². The van der Waals surface area contributed by atoms with Crippen molar-refractivity contribution in [2.24, 2.45) is 0 Å². The van der Waals surface area contributed by atoms with E-state index in [1.165, 1.54) is 6.07 Å². The Hall–Kier alpha value is -1.63. The lowest BCUT2D eigenvalue weighted by molar-refractivity contribution is 1.32. The van der Waals surface area contributed by atoms with Gasteiger partial charge in [-0.25, -0.2) is 0 Å². The van der Waals surface area contributed by atoms with Crippen molar-refractivity contribution in [3.8, 4) is 11.3 Å². The number of aromatic nitrogens is 1. The molecule has 0 saturated heterocycles. The minimum absolute atomic E-state index is 0.0698. The highest BCUT2D eigenvalue weighted by atomic mass is 14.7. The monoisotopic (exact) mass is 176 g/mol. The first kappa shape index (κ1) is 3.26. The molecule has 0 radical (unpaired) electrons. The molecule has 0 N–H and O–H groups in total. The highest BCUT2D eigenvalue weighted by Gasteiger charge is 1.96. The lowest BCUT2D eigenvalue weighted by Gasteiger charge is -2.00. The molecule has 0 atom stereocenters. The molecule has 0 aliphatic carbocycles. The normalized spacial score (nSPS) is 17.5. The first-order chi connectivity index (χ1) is 9.25. The van der Waals surface area contributed by atoms with E-state index in [-0.39, 0.29) is 35.4 Å². The summed E-state index contributed by atoms with van der Waals surface area (Å²) in [5, 5.41) is 0. The minimum Gasteiger partial charge on any atom is -0.256 e. The Bertz CT molecular complexity index is 650. The maximum absolute atomic E-state index is 7.86. The Morgan fingerprint density at radius 1 is 1.15 bits per heavy atom. The van der Waals surface area contributed by atoms with Gasteiger partial charge < -0.3 is 0 Å². The van der Waals surface area contributed by atoms with Gasteiger partial charge >= 0.3 is 0 Å². The molecule has 0 amide bonds. The molecule has 0 aliphatic heterocycles. The SMILES string of the molecule is [2H]c1nc(-c2cc(C)c([2H])c([2H])c2[2H])c([2H])c([2H])c1[2H]. The van der Waals surface area contributed by atoms with Crippen molar-refractivity contribution in [1.82, 2.24) is 4.98 Å². The third kappa shape index (κ3) is 1.75. The van der Waals surface area contributed by atoms with Gasteiger partial charge in [0.2, 0.25) is 0 Å². The summed E-state index contributed by atoms with van der Waals surface area (Å²) in [4.78, 5) is 3.78. The molecule has 0 fully saturated rings. The van der Waals surface area contributed by atoms with Crippen LogP contribution in [0.1, 0.15) is 15.2 Å². The highest BCUT2D eigenvalue weighted by Crippen LogP contribution is 2.16. The van der Waals surface area contributed by atoms with Crippen LogP contribution in [0.5, 0.6) is 0 Å². The van der Waals surface area contributed by atoms with Gasteiger partial charge in [-0.15, -0.1) is 0 Å². The van der Waals surface area contributed by atoms with Gasteiger partial charge in [-0.1, -0.05) is 29.7 Å². The second kappa shape index (κ2) is 3.40. The Kier molecular flexibility index (Phi) is 0.852. The molecule has 1 aromatic carbocycles. The molecule has 1 aromatic heterocycles. The standard InChI is InChI=1S/C12H11N/c1-10-5-4-6-11(9-10)12-7-2-3-8-13-12/h2-9H,1H3/i2D,3D,4D,5D,6D,7D,8D. The Labute approximate surface area is 87.9 Å². The van der Waals surface area contributed by atoms with Gasteiger partial charge in [0.25, 0.3) is 0 Å². The van der Waals surface area contributed by atoms with Gasteiger partial charge in [0, 0.05) is 11.7 Å². The van der Waals surface area contributed by atoms with Crippen LogP contribution in [0.4, 0.5) is 0 Å². The van der Waals surface area contributed by atoms with Crippen LogP contribution in [0.3, 0.4) is 0 Å². The van der Waals surface area contributed by atoms with Gasteiger partial charge in [-0.05, 0) is 25.1 Å². The van der Waals surface area contributed by atoms with Gasteiger partial charge in [-0.3, -0.25) is 4.98 Å². The maximum atomic E-state index is 7.86. The van der Waals surface area contributed by atoms with E-state index in [2.05, 4.69) is 4.98 Å². The van der Waals surface area contributed by atoms with Crippen LogP contribution < -0.4 is 0 Å². The quantitative estimate of drug-likeness (QED) is 0.650. The average Bonchev–Trinajstić information content (AvgIpc) is 2.42. The van der Waals surface area contributed by atoms with E-state index < -0.39 is 18.3 Å². The molecule has 1 nitrogen and oxygen atoms in total.